The maximum atomic E-state index is 6.41. The van der Waals surface area contributed by atoms with Crippen LogP contribution in [0.3, 0.4) is 0 Å². The summed E-state index contributed by atoms with van der Waals surface area (Å²) >= 11 is 12.8. The van der Waals surface area contributed by atoms with Gasteiger partial charge in [-0.3, -0.25) is 0 Å². The Morgan fingerprint density at radius 1 is 1.21 bits per heavy atom. The highest BCUT2D eigenvalue weighted by atomic mass is 35.5. The van der Waals surface area contributed by atoms with Crippen LogP contribution in [0, 0.1) is 5.92 Å². The van der Waals surface area contributed by atoms with Gasteiger partial charge in [-0.2, -0.15) is 0 Å². The van der Waals surface area contributed by atoms with Gasteiger partial charge < -0.3 is 5.32 Å². The standard InChI is InChI=1S/C16H23Cl2N/c1-11-8-16(9-11,10-19-15(2,3)4)14-12(17)6-5-7-13(14)18/h5-7,11,19H,8-10H2,1-4H3. The Balaban J connectivity index is 2.30. The third kappa shape index (κ3) is 3.26. The van der Waals surface area contributed by atoms with E-state index in [1.54, 1.807) is 0 Å². The zero-order valence-corrected chi connectivity index (χ0v) is 13.7. The highest BCUT2D eigenvalue weighted by Crippen LogP contribution is 2.51. The van der Waals surface area contributed by atoms with Gasteiger partial charge in [0.05, 0.1) is 0 Å². The molecule has 1 aliphatic rings. The van der Waals surface area contributed by atoms with Crippen LogP contribution in [0.1, 0.15) is 46.1 Å². The molecule has 1 N–H and O–H groups in total. The topological polar surface area (TPSA) is 12.0 Å². The van der Waals surface area contributed by atoms with Gasteiger partial charge in [0.2, 0.25) is 0 Å². The third-order valence-electron chi connectivity index (χ3n) is 3.93. The number of halogens is 2. The van der Waals surface area contributed by atoms with Gasteiger partial charge in [0, 0.05) is 27.5 Å². The largest absolute Gasteiger partial charge is 0.311 e. The van der Waals surface area contributed by atoms with Crippen molar-refractivity contribution in [1.82, 2.24) is 5.32 Å². The lowest BCUT2D eigenvalue weighted by Crippen LogP contribution is -2.52. The Kier molecular flexibility index (Phi) is 4.21. The highest BCUT2D eigenvalue weighted by molar-refractivity contribution is 6.36. The number of nitrogens with one attached hydrogen (secondary N) is 1. The average Bonchev–Trinajstić information content (AvgIpc) is 2.22. The Labute approximate surface area is 126 Å². The van der Waals surface area contributed by atoms with Crippen LogP contribution in [-0.4, -0.2) is 12.1 Å². The molecule has 0 radical (unpaired) electrons. The maximum absolute atomic E-state index is 6.41. The van der Waals surface area contributed by atoms with Crippen LogP contribution < -0.4 is 5.32 Å². The predicted molar refractivity (Wildman–Crippen MR) is 84.3 cm³/mol. The molecule has 19 heavy (non-hydrogen) atoms. The van der Waals surface area contributed by atoms with Crippen LogP contribution >= 0.6 is 23.2 Å². The maximum Gasteiger partial charge on any atom is 0.0459 e. The highest BCUT2D eigenvalue weighted by Gasteiger charge is 2.45. The van der Waals surface area contributed by atoms with Crippen LogP contribution in [0.25, 0.3) is 0 Å². The molecule has 0 aliphatic heterocycles. The number of rotatable bonds is 3. The van der Waals surface area contributed by atoms with Gasteiger partial charge in [0.25, 0.3) is 0 Å². The van der Waals surface area contributed by atoms with Gasteiger partial charge in [-0.1, -0.05) is 36.2 Å². The summed E-state index contributed by atoms with van der Waals surface area (Å²) in [7, 11) is 0. The molecule has 0 spiro atoms. The quantitative estimate of drug-likeness (QED) is 0.823. The molecular formula is C16H23Cl2N. The van der Waals surface area contributed by atoms with Gasteiger partial charge >= 0.3 is 0 Å². The molecule has 2 rings (SSSR count). The summed E-state index contributed by atoms with van der Waals surface area (Å²) in [5.74, 6) is 0.745. The van der Waals surface area contributed by atoms with Crippen LogP contribution in [0.2, 0.25) is 10.0 Å². The lowest BCUT2D eigenvalue weighted by Gasteiger charge is -2.49. The van der Waals surface area contributed by atoms with Crippen molar-refractivity contribution in [2.24, 2.45) is 5.92 Å². The van der Waals surface area contributed by atoms with E-state index in [0.29, 0.717) is 0 Å². The smallest absolute Gasteiger partial charge is 0.0459 e. The number of hydrogen-bond donors (Lipinski definition) is 1. The summed E-state index contributed by atoms with van der Waals surface area (Å²) in [5, 5.41) is 5.22. The molecule has 1 aromatic rings. The van der Waals surface area contributed by atoms with Crippen molar-refractivity contribution in [2.75, 3.05) is 6.54 Å². The average molecular weight is 300 g/mol. The fourth-order valence-corrected chi connectivity index (χ4v) is 3.95. The first kappa shape index (κ1) is 15.2. The van der Waals surface area contributed by atoms with Gasteiger partial charge in [-0.05, 0) is 57.2 Å². The monoisotopic (exact) mass is 299 g/mol. The summed E-state index contributed by atoms with van der Waals surface area (Å²) in [6, 6.07) is 5.82. The molecule has 1 fully saturated rings. The molecule has 1 aromatic carbocycles. The fraction of sp³-hybridized carbons (Fsp3) is 0.625. The van der Waals surface area contributed by atoms with Crippen molar-refractivity contribution in [3.8, 4) is 0 Å². The minimum absolute atomic E-state index is 0.0993. The van der Waals surface area contributed by atoms with E-state index in [1.165, 1.54) is 0 Å². The first-order valence-corrected chi connectivity index (χ1v) is 7.69. The Morgan fingerprint density at radius 2 is 1.74 bits per heavy atom. The van der Waals surface area contributed by atoms with E-state index in [9.17, 15) is 0 Å². The fourth-order valence-electron chi connectivity index (χ4n) is 3.15. The van der Waals surface area contributed by atoms with Crippen molar-refractivity contribution in [3.63, 3.8) is 0 Å². The molecule has 3 heteroatoms. The zero-order chi connectivity index (χ0) is 14.3. The first-order chi connectivity index (χ1) is 8.73. The normalized spacial score (nSPS) is 27.2. The molecular weight excluding hydrogens is 277 g/mol. The molecule has 1 saturated carbocycles. The zero-order valence-electron chi connectivity index (χ0n) is 12.2. The second kappa shape index (κ2) is 5.27. The van der Waals surface area contributed by atoms with Crippen LogP contribution in [0.15, 0.2) is 18.2 Å². The Morgan fingerprint density at radius 3 is 2.16 bits per heavy atom. The van der Waals surface area contributed by atoms with E-state index in [1.807, 2.05) is 18.2 Å². The summed E-state index contributed by atoms with van der Waals surface area (Å²) in [4.78, 5) is 0. The van der Waals surface area contributed by atoms with Gasteiger partial charge in [-0.25, -0.2) is 0 Å². The van der Waals surface area contributed by atoms with E-state index in [-0.39, 0.29) is 11.0 Å². The minimum Gasteiger partial charge on any atom is -0.311 e. The van der Waals surface area contributed by atoms with Crippen molar-refractivity contribution >= 4 is 23.2 Å². The summed E-state index contributed by atoms with van der Waals surface area (Å²) in [6.45, 7) is 9.80. The summed E-state index contributed by atoms with van der Waals surface area (Å²) < 4.78 is 0. The SMILES string of the molecule is CC1CC(CNC(C)(C)C)(c2c(Cl)cccc2Cl)C1. The molecule has 0 atom stereocenters. The van der Waals surface area contributed by atoms with Gasteiger partial charge in [-0.15, -0.1) is 0 Å². The van der Waals surface area contributed by atoms with E-state index in [4.69, 9.17) is 23.2 Å². The Hall–Kier alpha value is -0.240. The molecule has 106 valence electrons. The first-order valence-electron chi connectivity index (χ1n) is 6.93. The van der Waals surface area contributed by atoms with Crippen molar-refractivity contribution < 1.29 is 0 Å². The molecule has 0 amide bonds. The molecule has 0 heterocycles. The van der Waals surface area contributed by atoms with E-state index < -0.39 is 0 Å². The molecule has 0 saturated heterocycles. The van der Waals surface area contributed by atoms with Gasteiger partial charge in [0.15, 0.2) is 0 Å². The van der Waals surface area contributed by atoms with E-state index in [2.05, 4.69) is 33.0 Å². The third-order valence-corrected chi connectivity index (χ3v) is 4.56. The predicted octanol–water partition coefficient (Wildman–Crippen LogP) is 5.05. The summed E-state index contributed by atoms with van der Waals surface area (Å²) in [5.41, 5.74) is 1.34. The second-order valence-electron chi connectivity index (χ2n) is 6.99. The molecule has 0 bridgehead atoms. The lowest BCUT2D eigenvalue weighted by molar-refractivity contribution is 0.142. The Bertz CT molecular complexity index is 436. The van der Waals surface area contributed by atoms with Crippen molar-refractivity contribution in [2.45, 2.75) is 51.5 Å². The minimum atomic E-state index is 0.0993. The van der Waals surface area contributed by atoms with Crippen molar-refractivity contribution in [1.29, 1.82) is 0 Å². The summed E-state index contributed by atoms with van der Waals surface area (Å²) in [6.07, 6.45) is 2.30. The van der Waals surface area contributed by atoms with Crippen LogP contribution in [-0.2, 0) is 5.41 Å². The van der Waals surface area contributed by atoms with Crippen molar-refractivity contribution in [3.05, 3.63) is 33.8 Å². The van der Waals surface area contributed by atoms with E-state index >= 15 is 0 Å². The van der Waals surface area contributed by atoms with Gasteiger partial charge in [0.1, 0.15) is 0 Å². The molecule has 1 nitrogen and oxygen atoms in total. The number of hydrogen-bond acceptors (Lipinski definition) is 1. The van der Waals surface area contributed by atoms with E-state index in [0.717, 1.165) is 40.9 Å². The van der Waals surface area contributed by atoms with Crippen LogP contribution in [0.5, 0.6) is 0 Å². The molecule has 0 unspecified atom stereocenters. The second-order valence-corrected chi connectivity index (χ2v) is 7.81. The lowest BCUT2D eigenvalue weighted by atomic mass is 9.59. The van der Waals surface area contributed by atoms with Crippen LogP contribution in [0.4, 0.5) is 0 Å². The number of benzene rings is 1. The molecule has 1 aliphatic carbocycles. The molecule has 0 aromatic heterocycles.